The topological polar surface area (TPSA) is 40.6 Å². The van der Waals surface area contributed by atoms with Crippen molar-refractivity contribution in [1.29, 1.82) is 0 Å². The van der Waals surface area contributed by atoms with Gasteiger partial charge in [-0.3, -0.25) is 9.59 Å². The lowest BCUT2D eigenvalue weighted by Gasteiger charge is -2.18. The third-order valence-electron chi connectivity index (χ3n) is 2.30. The minimum absolute atomic E-state index is 0.0695. The van der Waals surface area contributed by atoms with Crippen LogP contribution in [0.2, 0.25) is 0 Å². The number of thiocarbonyl (C=S) groups is 2. The number of ketones is 2. The van der Waals surface area contributed by atoms with Gasteiger partial charge in [-0.2, -0.15) is 0 Å². The molecule has 0 unspecified atom stereocenters. The van der Waals surface area contributed by atoms with E-state index in [1.807, 2.05) is 0 Å². The van der Waals surface area contributed by atoms with E-state index in [2.05, 4.69) is 0 Å². The molecule has 0 aliphatic rings. The molecule has 0 atom stereocenters. The monoisotopic (exact) mass is 274 g/mol. The van der Waals surface area contributed by atoms with Gasteiger partial charge in [0.1, 0.15) is 0 Å². The molecule has 0 bridgehead atoms. The SMILES string of the molecule is CC(=S)N(C)CC(=O)CC(=O)CN(C)C(C)=S. The van der Waals surface area contributed by atoms with Crippen LogP contribution < -0.4 is 0 Å². The molecular formula is C11H18N2O2S2. The first-order valence-corrected chi connectivity index (χ1v) is 6.02. The Morgan fingerprint density at radius 3 is 1.41 bits per heavy atom. The molecule has 0 aliphatic heterocycles. The number of carbonyl (C=O) groups is 2. The summed E-state index contributed by atoms with van der Waals surface area (Å²) in [6.45, 7) is 3.85. The van der Waals surface area contributed by atoms with Crippen LogP contribution in [0, 0.1) is 0 Å². The Bertz CT molecular complexity index is 310. The van der Waals surface area contributed by atoms with Gasteiger partial charge in [0.15, 0.2) is 11.6 Å². The van der Waals surface area contributed by atoms with Gasteiger partial charge in [-0.1, -0.05) is 24.4 Å². The van der Waals surface area contributed by atoms with E-state index in [9.17, 15) is 9.59 Å². The van der Waals surface area contributed by atoms with E-state index in [4.69, 9.17) is 24.4 Å². The Morgan fingerprint density at radius 1 is 0.882 bits per heavy atom. The van der Waals surface area contributed by atoms with Gasteiger partial charge < -0.3 is 9.80 Å². The molecule has 0 amide bonds. The van der Waals surface area contributed by atoms with Crippen molar-refractivity contribution in [1.82, 2.24) is 9.80 Å². The first kappa shape index (κ1) is 16.1. The average Bonchev–Trinajstić information content (AvgIpc) is 2.16. The third-order valence-corrected chi connectivity index (χ3v) is 2.92. The Hall–Kier alpha value is -0.880. The molecule has 96 valence electrons. The minimum atomic E-state index is -0.128. The first-order chi connectivity index (χ1) is 7.73. The van der Waals surface area contributed by atoms with Crippen LogP contribution in [-0.2, 0) is 9.59 Å². The van der Waals surface area contributed by atoms with E-state index in [-0.39, 0.29) is 31.1 Å². The number of likely N-dealkylation sites (N-methyl/N-ethyl adjacent to an activating group) is 2. The lowest BCUT2D eigenvalue weighted by atomic mass is 10.2. The van der Waals surface area contributed by atoms with Crippen molar-refractivity contribution in [2.45, 2.75) is 20.3 Å². The number of nitrogens with zero attached hydrogens (tertiary/aromatic N) is 2. The van der Waals surface area contributed by atoms with Gasteiger partial charge in [-0.15, -0.1) is 0 Å². The molecule has 0 rings (SSSR count). The predicted octanol–water partition coefficient (Wildman–Crippen LogP) is 1.07. The predicted molar refractivity (Wildman–Crippen MR) is 76.4 cm³/mol. The number of hydrogen-bond acceptors (Lipinski definition) is 4. The fourth-order valence-corrected chi connectivity index (χ4v) is 1.21. The van der Waals surface area contributed by atoms with Crippen LogP contribution in [0.5, 0.6) is 0 Å². The average molecular weight is 274 g/mol. The van der Waals surface area contributed by atoms with E-state index < -0.39 is 0 Å². The lowest BCUT2D eigenvalue weighted by molar-refractivity contribution is -0.127. The highest BCUT2D eigenvalue weighted by atomic mass is 32.1. The highest BCUT2D eigenvalue weighted by molar-refractivity contribution is 7.80. The van der Waals surface area contributed by atoms with Crippen LogP contribution in [0.4, 0.5) is 0 Å². The van der Waals surface area contributed by atoms with E-state index >= 15 is 0 Å². The van der Waals surface area contributed by atoms with Crippen molar-refractivity contribution in [2.75, 3.05) is 27.2 Å². The Balaban J connectivity index is 4.09. The number of Topliss-reactive ketones (excluding diaryl/α,β-unsaturated/α-hetero) is 2. The zero-order valence-electron chi connectivity index (χ0n) is 10.6. The molecule has 6 heteroatoms. The van der Waals surface area contributed by atoms with Crippen LogP contribution in [0.15, 0.2) is 0 Å². The van der Waals surface area contributed by atoms with Gasteiger partial charge in [0.2, 0.25) is 0 Å². The molecule has 0 aliphatic carbocycles. The van der Waals surface area contributed by atoms with E-state index in [1.165, 1.54) is 0 Å². The fourth-order valence-electron chi connectivity index (χ4n) is 1.08. The normalized spacial score (nSPS) is 9.65. The quantitative estimate of drug-likeness (QED) is 0.533. The standard InChI is InChI=1S/C11H18N2O2S2/c1-8(16)12(3)6-10(14)5-11(15)7-13(4)9(2)17/h5-7H2,1-4H3. The summed E-state index contributed by atoms with van der Waals surface area (Å²) < 4.78 is 0. The zero-order valence-corrected chi connectivity index (χ0v) is 12.3. The molecule has 0 aromatic heterocycles. The fraction of sp³-hybridized carbons (Fsp3) is 0.636. The smallest absolute Gasteiger partial charge is 0.159 e. The Labute approximate surface area is 113 Å². The van der Waals surface area contributed by atoms with Gasteiger partial charge in [0.05, 0.1) is 29.5 Å². The Morgan fingerprint density at radius 2 is 1.18 bits per heavy atom. The molecule has 0 radical (unpaired) electrons. The van der Waals surface area contributed by atoms with Crippen LogP contribution in [0.1, 0.15) is 20.3 Å². The molecule has 0 saturated heterocycles. The van der Waals surface area contributed by atoms with Crippen molar-refractivity contribution >= 4 is 46.0 Å². The molecule has 17 heavy (non-hydrogen) atoms. The first-order valence-electron chi connectivity index (χ1n) is 5.20. The summed E-state index contributed by atoms with van der Waals surface area (Å²) in [4.78, 5) is 27.7. The van der Waals surface area contributed by atoms with Crippen LogP contribution in [0.3, 0.4) is 0 Å². The van der Waals surface area contributed by atoms with Crippen molar-refractivity contribution in [3.63, 3.8) is 0 Å². The maximum Gasteiger partial charge on any atom is 0.159 e. The summed E-state index contributed by atoms with van der Waals surface area (Å²) in [5.74, 6) is -0.255. The maximum absolute atomic E-state index is 11.5. The van der Waals surface area contributed by atoms with E-state index in [1.54, 1.807) is 37.7 Å². The van der Waals surface area contributed by atoms with Gasteiger partial charge in [-0.25, -0.2) is 0 Å². The van der Waals surface area contributed by atoms with Crippen molar-refractivity contribution in [3.05, 3.63) is 0 Å². The van der Waals surface area contributed by atoms with Crippen LogP contribution >= 0.6 is 24.4 Å². The van der Waals surface area contributed by atoms with E-state index in [0.717, 1.165) is 0 Å². The molecule has 0 fully saturated rings. The second-order valence-electron chi connectivity index (χ2n) is 4.00. The minimum Gasteiger partial charge on any atom is -0.362 e. The largest absolute Gasteiger partial charge is 0.362 e. The summed E-state index contributed by atoms with van der Waals surface area (Å²) in [6.07, 6.45) is -0.0695. The second-order valence-corrected chi connectivity index (χ2v) is 5.19. The molecule has 0 saturated carbocycles. The molecule has 4 nitrogen and oxygen atoms in total. The third kappa shape index (κ3) is 7.12. The summed E-state index contributed by atoms with van der Waals surface area (Å²) in [7, 11) is 3.47. The van der Waals surface area contributed by atoms with E-state index in [0.29, 0.717) is 9.98 Å². The van der Waals surface area contributed by atoms with Crippen molar-refractivity contribution < 1.29 is 9.59 Å². The molecule has 0 spiro atoms. The number of rotatable bonds is 6. The van der Waals surface area contributed by atoms with Crippen molar-refractivity contribution in [2.24, 2.45) is 0 Å². The summed E-state index contributed by atoms with van der Waals surface area (Å²) in [5.41, 5.74) is 0. The second kappa shape index (κ2) is 7.45. The highest BCUT2D eigenvalue weighted by Gasteiger charge is 2.14. The lowest BCUT2D eigenvalue weighted by Crippen LogP contribution is -2.33. The molecule has 0 N–H and O–H groups in total. The Kier molecular flexibility index (Phi) is 7.06. The highest BCUT2D eigenvalue weighted by Crippen LogP contribution is 1.95. The molecule has 0 aromatic carbocycles. The van der Waals surface area contributed by atoms with Crippen LogP contribution in [-0.4, -0.2) is 58.5 Å². The summed E-state index contributed by atoms with van der Waals surface area (Å²) in [6, 6.07) is 0. The van der Waals surface area contributed by atoms with Gasteiger partial charge in [0.25, 0.3) is 0 Å². The van der Waals surface area contributed by atoms with Crippen LogP contribution in [0.25, 0.3) is 0 Å². The number of carbonyl (C=O) groups excluding carboxylic acids is 2. The molecule has 0 aromatic rings. The zero-order chi connectivity index (χ0) is 13.6. The summed E-state index contributed by atoms with van der Waals surface area (Å²) >= 11 is 9.84. The van der Waals surface area contributed by atoms with Crippen molar-refractivity contribution in [3.8, 4) is 0 Å². The number of hydrogen-bond donors (Lipinski definition) is 0. The van der Waals surface area contributed by atoms with Gasteiger partial charge >= 0.3 is 0 Å². The summed E-state index contributed by atoms with van der Waals surface area (Å²) in [5, 5.41) is 0. The molecule has 0 heterocycles. The van der Waals surface area contributed by atoms with Gasteiger partial charge in [0, 0.05) is 14.1 Å². The molecular weight excluding hydrogens is 256 g/mol. The van der Waals surface area contributed by atoms with Gasteiger partial charge in [-0.05, 0) is 13.8 Å². The maximum atomic E-state index is 11.5.